The van der Waals surface area contributed by atoms with Crippen LogP contribution >= 0.6 is 0 Å². The minimum Gasteiger partial charge on any atom is -0.368 e. The molecule has 144 valence electrons. The lowest BCUT2D eigenvalue weighted by Gasteiger charge is -2.38. The summed E-state index contributed by atoms with van der Waals surface area (Å²) in [6, 6.07) is 8.46. The van der Waals surface area contributed by atoms with Crippen molar-refractivity contribution in [1.82, 2.24) is 14.5 Å². The Morgan fingerprint density at radius 2 is 1.77 bits per heavy atom. The van der Waals surface area contributed by atoms with Crippen LogP contribution in [0, 0.1) is 0 Å². The van der Waals surface area contributed by atoms with Gasteiger partial charge in [0, 0.05) is 33.3 Å². The highest BCUT2D eigenvalue weighted by atomic mass is 32.2. The van der Waals surface area contributed by atoms with Crippen LogP contribution in [0.15, 0.2) is 35.2 Å². The predicted molar refractivity (Wildman–Crippen MR) is 98.2 cm³/mol. The number of amides is 1. The lowest BCUT2D eigenvalue weighted by atomic mass is 9.90. The summed E-state index contributed by atoms with van der Waals surface area (Å²) < 4.78 is 32.8. The van der Waals surface area contributed by atoms with Crippen LogP contribution < -0.4 is 5.32 Å². The van der Waals surface area contributed by atoms with Gasteiger partial charge in [-0.1, -0.05) is 18.2 Å². The highest BCUT2D eigenvalue weighted by Gasteiger charge is 2.43. The van der Waals surface area contributed by atoms with Crippen molar-refractivity contribution in [1.29, 1.82) is 0 Å². The molecule has 0 aliphatic carbocycles. The number of nitrogens with one attached hydrogen (secondary N) is 1. The van der Waals surface area contributed by atoms with Crippen LogP contribution in [0.4, 0.5) is 0 Å². The van der Waals surface area contributed by atoms with Crippen molar-refractivity contribution in [2.45, 2.75) is 29.8 Å². The number of piperidine rings is 1. The topological polar surface area (TPSA) is 79.0 Å². The van der Waals surface area contributed by atoms with E-state index in [0.29, 0.717) is 50.3 Å². The van der Waals surface area contributed by atoms with E-state index in [1.807, 2.05) is 0 Å². The molecule has 1 aromatic rings. The molecule has 0 spiro atoms. The molecule has 2 aliphatic heterocycles. The third-order valence-electron chi connectivity index (χ3n) is 5.31. The number of benzene rings is 1. The molecule has 2 aliphatic rings. The van der Waals surface area contributed by atoms with E-state index >= 15 is 0 Å². The molecule has 0 aromatic heterocycles. The molecular formula is C18H27N3O4S. The molecule has 2 saturated heterocycles. The number of carbonyl (C=O) groups is 1. The van der Waals surface area contributed by atoms with Crippen molar-refractivity contribution in [3.05, 3.63) is 30.3 Å². The summed E-state index contributed by atoms with van der Waals surface area (Å²) in [5.41, 5.74) is -0.779. The van der Waals surface area contributed by atoms with Crippen molar-refractivity contribution < 1.29 is 17.9 Å². The number of nitrogens with zero attached hydrogens (tertiary/aromatic N) is 2. The van der Waals surface area contributed by atoms with Crippen molar-refractivity contribution in [2.75, 3.05) is 46.4 Å². The molecule has 7 nitrogen and oxygen atoms in total. The SMILES string of the molecule is COC1(C(=O)N2CCCN(S(=O)(=O)c3ccccc3)CC2)CCNCC1. The van der Waals surface area contributed by atoms with E-state index in [1.165, 1.54) is 4.31 Å². The van der Waals surface area contributed by atoms with Gasteiger partial charge in [-0.3, -0.25) is 4.79 Å². The lowest BCUT2D eigenvalue weighted by Crippen LogP contribution is -2.56. The second kappa shape index (κ2) is 8.04. The Morgan fingerprint density at radius 3 is 2.42 bits per heavy atom. The van der Waals surface area contributed by atoms with E-state index in [4.69, 9.17) is 4.74 Å². The molecule has 8 heteroatoms. The van der Waals surface area contributed by atoms with Gasteiger partial charge in [-0.2, -0.15) is 4.31 Å². The van der Waals surface area contributed by atoms with Crippen molar-refractivity contribution >= 4 is 15.9 Å². The quantitative estimate of drug-likeness (QED) is 0.830. The zero-order valence-electron chi connectivity index (χ0n) is 15.2. The molecule has 26 heavy (non-hydrogen) atoms. The molecule has 2 heterocycles. The minimum atomic E-state index is -3.53. The molecule has 0 radical (unpaired) electrons. The molecule has 0 saturated carbocycles. The zero-order valence-corrected chi connectivity index (χ0v) is 16.0. The van der Waals surface area contributed by atoms with Gasteiger partial charge in [0.05, 0.1) is 4.90 Å². The number of carbonyl (C=O) groups excluding carboxylic acids is 1. The number of sulfonamides is 1. The summed E-state index contributed by atoms with van der Waals surface area (Å²) in [5.74, 6) is -0.0135. The Balaban J connectivity index is 1.71. The summed E-state index contributed by atoms with van der Waals surface area (Å²) >= 11 is 0. The summed E-state index contributed by atoms with van der Waals surface area (Å²) in [7, 11) is -1.94. The van der Waals surface area contributed by atoms with E-state index in [-0.39, 0.29) is 5.91 Å². The molecule has 1 amide bonds. The maximum absolute atomic E-state index is 13.1. The number of ether oxygens (including phenoxy) is 1. The Bertz CT molecular complexity index is 717. The average Bonchev–Trinajstić information content (AvgIpc) is 2.95. The van der Waals surface area contributed by atoms with Gasteiger partial charge < -0.3 is 15.0 Å². The lowest BCUT2D eigenvalue weighted by molar-refractivity contribution is -0.158. The summed E-state index contributed by atoms with van der Waals surface area (Å²) in [6.07, 6.45) is 1.91. The van der Waals surface area contributed by atoms with Crippen molar-refractivity contribution in [3.63, 3.8) is 0 Å². The van der Waals surface area contributed by atoms with E-state index < -0.39 is 15.6 Å². The van der Waals surface area contributed by atoms with Crippen LogP contribution in [0.2, 0.25) is 0 Å². The zero-order chi connectivity index (χ0) is 18.6. The Kier molecular flexibility index (Phi) is 5.96. The predicted octanol–water partition coefficient (Wildman–Crippen LogP) is 0.678. The third kappa shape index (κ3) is 3.78. The van der Waals surface area contributed by atoms with Crippen LogP contribution in [0.5, 0.6) is 0 Å². The summed E-state index contributed by atoms with van der Waals surface area (Å²) in [5, 5.41) is 3.25. The first-order chi connectivity index (χ1) is 12.5. The minimum absolute atomic E-state index is 0.0135. The molecule has 3 rings (SSSR count). The van der Waals surface area contributed by atoms with Gasteiger partial charge in [0.25, 0.3) is 5.91 Å². The maximum Gasteiger partial charge on any atom is 0.254 e. The summed E-state index contributed by atoms with van der Waals surface area (Å²) in [6.45, 7) is 3.18. The van der Waals surface area contributed by atoms with Gasteiger partial charge in [0.2, 0.25) is 10.0 Å². The Morgan fingerprint density at radius 1 is 1.08 bits per heavy atom. The fourth-order valence-corrected chi connectivity index (χ4v) is 5.19. The van der Waals surface area contributed by atoms with E-state index in [2.05, 4.69) is 5.32 Å². The standard InChI is InChI=1S/C18H27N3O4S/c1-25-18(8-10-19-11-9-18)17(22)20-12-5-13-21(15-14-20)26(23,24)16-6-3-2-4-7-16/h2-4,6-7,19H,5,8-15H2,1H3. The van der Waals surface area contributed by atoms with E-state index in [1.54, 1.807) is 42.3 Å². The molecule has 1 N–H and O–H groups in total. The van der Waals surface area contributed by atoms with Crippen molar-refractivity contribution in [3.8, 4) is 0 Å². The molecule has 2 fully saturated rings. The Labute approximate surface area is 155 Å². The molecule has 0 unspecified atom stereocenters. The summed E-state index contributed by atoms with van der Waals surface area (Å²) in [4.78, 5) is 15.2. The second-order valence-electron chi connectivity index (χ2n) is 6.81. The van der Waals surface area contributed by atoms with Crippen molar-refractivity contribution in [2.24, 2.45) is 0 Å². The highest BCUT2D eigenvalue weighted by Crippen LogP contribution is 2.26. The van der Waals surface area contributed by atoms with E-state index in [0.717, 1.165) is 13.1 Å². The monoisotopic (exact) mass is 381 g/mol. The maximum atomic E-state index is 13.1. The van der Waals surface area contributed by atoms with Crippen LogP contribution in [0.25, 0.3) is 0 Å². The van der Waals surface area contributed by atoms with Gasteiger partial charge in [0.1, 0.15) is 5.60 Å². The molecule has 0 bridgehead atoms. The molecule has 0 atom stereocenters. The van der Waals surface area contributed by atoms with Crippen LogP contribution in [0.1, 0.15) is 19.3 Å². The van der Waals surface area contributed by atoms with E-state index in [9.17, 15) is 13.2 Å². The molecule has 1 aromatic carbocycles. The fraction of sp³-hybridized carbons (Fsp3) is 0.611. The van der Waals surface area contributed by atoms with Gasteiger partial charge >= 0.3 is 0 Å². The number of rotatable bonds is 4. The fourth-order valence-electron chi connectivity index (χ4n) is 3.70. The van der Waals surface area contributed by atoms with Gasteiger partial charge in [-0.05, 0) is 44.5 Å². The number of hydrogen-bond acceptors (Lipinski definition) is 5. The first kappa shape index (κ1) is 19.3. The smallest absolute Gasteiger partial charge is 0.254 e. The average molecular weight is 381 g/mol. The second-order valence-corrected chi connectivity index (χ2v) is 8.75. The largest absolute Gasteiger partial charge is 0.368 e. The molecular weight excluding hydrogens is 354 g/mol. The Hall–Kier alpha value is -1.48. The van der Waals surface area contributed by atoms with Crippen LogP contribution in [-0.4, -0.2) is 75.5 Å². The van der Waals surface area contributed by atoms with Gasteiger partial charge in [-0.25, -0.2) is 8.42 Å². The van der Waals surface area contributed by atoms with Gasteiger partial charge in [-0.15, -0.1) is 0 Å². The van der Waals surface area contributed by atoms with Crippen LogP contribution in [-0.2, 0) is 19.6 Å². The first-order valence-electron chi connectivity index (χ1n) is 9.10. The third-order valence-corrected chi connectivity index (χ3v) is 7.23. The van der Waals surface area contributed by atoms with Gasteiger partial charge in [0.15, 0.2) is 0 Å². The normalized spacial score (nSPS) is 22.0. The first-order valence-corrected chi connectivity index (χ1v) is 10.5. The number of methoxy groups -OCH3 is 1. The van der Waals surface area contributed by atoms with Crippen LogP contribution in [0.3, 0.4) is 0 Å². The highest BCUT2D eigenvalue weighted by molar-refractivity contribution is 7.89. The number of hydrogen-bond donors (Lipinski definition) is 1.